The molecule has 2 aliphatic heterocycles. The van der Waals surface area contributed by atoms with Crippen molar-refractivity contribution >= 4 is 23.1 Å². The maximum absolute atomic E-state index is 11.5. The van der Waals surface area contributed by atoms with Crippen molar-refractivity contribution in [1.29, 1.82) is 0 Å². The second-order valence-electron chi connectivity index (χ2n) is 6.64. The van der Waals surface area contributed by atoms with Crippen LogP contribution in [0.4, 0.5) is 6.01 Å². The summed E-state index contributed by atoms with van der Waals surface area (Å²) in [6.45, 7) is 1.71. The summed E-state index contributed by atoms with van der Waals surface area (Å²) in [7, 11) is 0. The van der Waals surface area contributed by atoms with Crippen LogP contribution in [0.5, 0.6) is 0 Å². The number of nitrogens with one attached hydrogen (secondary N) is 1. The first-order chi connectivity index (χ1) is 12.2. The monoisotopic (exact) mass is 339 g/mol. The molecule has 2 atom stereocenters. The number of hydrogen-bond acceptors (Lipinski definition) is 6. The van der Waals surface area contributed by atoms with E-state index < -0.39 is 5.97 Å². The molecule has 1 aromatic carbocycles. The van der Waals surface area contributed by atoms with Crippen LogP contribution >= 0.6 is 0 Å². The topological polar surface area (TPSA) is 96.4 Å². The summed E-state index contributed by atoms with van der Waals surface area (Å²) in [5.41, 5.74) is 1.83. The van der Waals surface area contributed by atoms with Crippen molar-refractivity contribution in [2.45, 2.75) is 24.9 Å². The molecule has 5 rings (SSSR count). The van der Waals surface area contributed by atoms with Crippen LogP contribution in [0.3, 0.4) is 0 Å². The van der Waals surface area contributed by atoms with Crippen molar-refractivity contribution < 1.29 is 14.3 Å². The SMILES string of the molecule is O=C(O)c1cc(-n2cccn2)c2oc(N3CC4CCC(C3)N4)nc2c1. The predicted octanol–water partition coefficient (Wildman–Crippen LogP) is 1.65. The fraction of sp³-hybridized carbons (Fsp3) is 0.353. The molecule has 8 nitrogen and oxygen atoms in total. The number of anilines is 1. The summed E-state index contributed by atoms with van der Waals surface area (Å²) < 4.78 is 7.66. The van der Waals surface area contributed by atoms with Gasteiger partial charge in [0, 0.05) is 37.6 Å². The van der Waals surface area contributed by atoms with Gasteiger partial charge in [0.1, 0.15) is 11.2 Å². The fourth-order valence-electron chi connectivity index (χ4n) is 3.80. The molecule has 8 heteroatoms. The third-order valence-electron chi connectivity index (χ3n) is 4.94. The van der Waals surface area contributed by atoms with Crippen LogP contribution in [-0.4, -0.2) is 51.0 Å². The number of hydrogen-bond donors (Lipinski definition) is 2. The number of rotatable bonds is 3. The van der Waals surface area contributed by atoms with Crippen molar-refractivity contribution in [3.8, 4) is 5.69 Å². The van der Waals surface area contributed by atoms with Gasteiger partial charge in [0.05, 0.1) is 5.56 Å². The van der Waals surface area contributed by atoms with Gasteiger partial charge in [0.15, 0.2) is 5.58 Å². The van der Waals surface area contributed by atoms with Gasteiger partial charge in [-0.2, -0.15) is 10.1 Å². The third kappa shape index (κ3) is 2.37. The van der Waals surface area contributed by atoms with Gasteiger partial charge in [-0.3, -0.25) is 0 Å². The highest BCUT2D eigenvalue weighted by Gasteiger charge is 2.34. The Morgan fingerprint density at radius 2 is 2.08 bits per heavy atom. The molecule has 2 fully saturated rings. The van der Waals surface area contributed by atoms with Crippen molar-refractivity contribution in [3.05, 3.63) is 36.2 Å². The van der Waals surface area contributed by atoms with E-state index in [1.807, 2.05) is 0 Å². The summed E-state index contributed by atoms with van der Waals surface area (Å²) in [4.78, 5) is 18.2. The van der Waals surface area contributed by atoms with Gasteiger partial charge in [0.2, 0.25) is 0 Å². The maximum Gasteiger partial charge on any atom is 0.335 e. The first kappa shape index (κ1) is 14.5. The average Bonchev–Trinajstić information content (AvgIpc) is 3.33. The van der Waals surface area contributed by atoms with E-state index in [2.05, 4.69) is 20.3 Å². The Morgan fingerprint density at radius 1 is 1.28 bits per heavy atom. The highest BCUT2D eigenvalue weighted by Crippen LogP contribution is 2.31. The number of oxazole rings is 1. The molecule has 2 unspecified atom stereocenters. The molecule has 128 valence electrons. The zero-order valence-corrected chi connectivity index (χ0v) is 13.4. The van der Waals surface area contributed by atoms with Gasteiger partial charge in [-0.05, 0) is 31.0 Å². The highest BCUT2D eigenvalue weighted by molar-refractivity contribution is 5.95. The minimum absolute atomic E-state index is 0.165. The van der Waals surface area contributed by atoms with E-state index in [1.165, 1.54) is 12.8 Å². The van der Waals surface area contributed by atoms with Crippen LogP contribution in [0.2, 0.25) is 0 Å². The van der Waals surface area contributed by atoms with Gasteiger partial charge in [-0.1, -0.05) is 0 Å². The average molecular weight is 339 g/mol. The second kappa shape index (κ2) is 5.32. The summed E-state index contributed by atoms with van der Waals surface area (Å²) in [6, 6.07) is 6.37. The Kier molecular flexibility index (Phi) is 3.08. The molecule has 2 saturated heterocycles. The van der Waals surface area contributed by atoms with Gasteiger partial charge in [-0.15, -0.1) is 0 Å². The molecule has 2 bridgehead atoms. The van der Waals surface area contributed by atoms with Crippen molar-refractivity contribution in [3.63, 3.8) is 0 Å². The molecule has 2 aliphatic rings. The van der Waals surface area contributed by atoms with E-state index in [1.54, 1.807) is 35.3 Å². The van der Waals surface area contributed by atoms with E-state index in [-0.39, 0.29) is 5.56 Å². The molecule has 0 aliphatic carbocycles. The number of carbonyl (C=O) groups is 1. The lowest BCUT2D eigenvalue weighted by molar-refractivity contribution is 0.0697. The van der Waals surface area contributed by atoms with E-state index >= 15 is 0 Å². The van der Waals surface area contributed by atoms with Crippen LogP contribution < -0.4 is 10.2 Å². The molecule has 4 heterocycles. The molecule has 3 aromatic rings. The molecule has 0 amide bonds. The summed E-state index contributed by atoms with van der Waals surface area (Å²) in [5, 5.41) is 17.2. The van der Waals surface area contributed by atoms with Crippen LogP contribution in [-0.2, 0) is 0 Å². The Balaban J connectivity index is 1.63. The van der Waals surface area contributed by atoms with Crippen molar-refractivity contribution in [1.82, 2.24) is 20.1 Å². The number of aromatic nitrogens is 3. The van der Waals surface area contributed by atoms with Crippen molar-refractivity contribution in [2.75, 3.05) is 18.0 Å². The van der Waals surface area contributed by atoms with Gasteiger partial charge in [-0.25, -0.2) is 9.48 Å². The molecule has 0 saturated carbocycles. The smallest absolute Gasteiger partial charge is 0.335 e. The summed E-state index contributed by atoms with van der Waals surface area (Å²) >= 11 is 0. The number of carboxylic acid groups (broad SMARTS) is 1. The lowest BCUT2D eigenvalue weighted by Gasteiger charge is -2.31. The summed E-state index contributed by atoms with van der Waals surface area (Å²) in [6.07, 6.45) is 5.74. The highest BCUT2D eigenvalue weighted by atomic mass is 16.4. The number of benzene rings is 1. The minimum Gasteiger partial charge on any atom is -0.478 e. The zero-order chi connectivity index (χ0) is 17.0. The first-order valence-electron chi connectivity index (χ1n) is 8.36. The molecule has 0 spiro atoms. The quantitative estimate of drug-likeness (QED) is 0.749. The van der Waals surface area contributed by atoms with E-state index in [4.69, 9.17) is 4.42 Å². The number of nitrogens with zero attached hydrogens (tertiary/aromatic N) is 4. The maximum atomic E-state index is 11.5. The molecular formula is C17H17N5O3. The van der Waals surface area contributed by atoms with Gasteiger partial charge in [0.25, 0.3) is 6.01 Å². The van der Waals surface area contributed by atoms with Crippen LogP contribution in [0.1, 0.15) is 23.2 Å². The third-order valence-corrected chi connectivity index (χ3v) is 4.94. The van der Waals surface area contributed by atoms with E-state index in [9.17, 15) is 9.90 Å². The molecular weight excluding hydrogens is 322 g/mol. The first-order valence-corrected chi connectivity index (χ1v) is 8.36. The number of piperazine rings is 1. The Morgan fingerprint density at radius 3 is 2.76 bits per heavy atom. The standard InChI is InChI=1S/C17H17N5O3/c23-16(24)10-6-13-15(14(7-10)22-5-1-4-18-22)25-17(20-13)21-8-11-2-3-12(9-21)19-11/h1,4-7,11-12,19H,2-3,8-9H2,(H,23,24). The fourth-order valence-corrected chi connectivity index (χ4v) is 3.80. The number of carboxylic acids is 1. The molecule has 2 N–H and O–H groups in total. The zero-order valence-electron chi connectivity index (χ0n) is 13.4. The second-order valence-corrected chi connectivity index (χ2v) is 6.64. The Bertz CT molecular complexity index is 937. The van der Waals surface area contributed by atoms with Crippen molar-refractivity contribution in [2.24, 2.45) is 0 Å². The van der Waals surface area contributed by atoms with Crippen LogP contribution in [0.25, 0.3) is 16.8 Å². The minimum atomic E-state index is -1.000. The van der Waals surface area contributed by atoms with E-state index in [0.29, 0.717) is 34.9 Å². The number of fused-ring (bicyclic) bond motifs is 3. The van der Waals surface area contributed by atoms with Crippen LogP contribution in [0.15, 0.2) is 35.0 Å². The number of aromatic carboxylic acids is 1. The Hall–Kier alpha value is -2.87. The Labute approximate surface area is 143 Å². The summed E-state index contributed by atoms with van der Waals surface area (Å²) in [5.74, 6) is -1.000. The molecule has 0 radical (unpaired) electrons. The lowest BCUT2D eigenvalue weighted by Crippen LogP contribution is -2.51. The predicted molar refractivity (Wildman–Crippen MR) is 90.2 cm³/mol. The van der Waals surface area contributed by atoms with Crippen LogP contribution in [0, 0.1) is 0 Å². The normalized spacial score (nSPS) is 22.6. The van der Waals surface area contributed by atoms with Gasteiger partial charge < -0.3 is 19.7 Å². The van der Waals surface area contributed by atoms with Gasteiger partial charge >= 0.3 is 5.97 Å². The lowest BCUT2D eigenvalue weighted by atomic mass is 10.2. The van der Waals surface area contributed by atoms with E-state index in [0.717, 1.165) is 13.1 Å². The molecule has 2 aromatic heterocycles. The largest absolute Gasteiger partial charge is 0.478 e. The molecule has 25 heavy (non-hydrogen) atoms.